The third kappa shape index (κ3) is 1.23. The number of nitrogens with zero attached hydrogens (tertiary/aromatic N) is 1. The normalized spacial score (nSPS) is 35.1. The van der Waals surface area contributed by atoms with E-state index in [4.69, 9.17) is 5.26 Å². The van der Waals surface area contributed by atoms with Crippen LogP contribution >= 0.6 is 0 Å². The van der Waals surface area contributed by atoms with Gasteiger partial charge in [0.15, 0.2) is 0 Å². The summed E-state index contributed by atoms with van der Waals surface area (Å²) in [6.07, 6.45) is 1.83. The predicted molar refractivity (Wildman–Crippen MR) is 43.7 cm³/mol. The molecule has 0 aliphatic heterocycles. The quantitative estimate of drug-likeness (QED) is 0.517. The zero-order chi connectivity index (χ0) is 8.48. The molecule has 58 valence electrons. The lowest BCUT2D eigenvalue weighted by atomic mass is 9.57. The Balaban J connectivity index is 2.64. The Labute approximate surface area is 67.2 Å². The summed E-state index contributed by atoms with van der Waals surface area (Å²) in [7, 11) is 1.99. The van der Waals surface area contributed by atoms with Gasteiger partial charge >= 0.3 is 0 Å². The van der Waals surface area contributed by atoms with Crippen LogP contribution < -0.4 is 5.32 Å². The Kier molecular flexibility index (Phi) is 1.90. The minimum atomic E-state index is -0.550. The van der Waals surface area contributed by atoms with Crippen molar-refractivity contribution < 1.29 is 4.79 Å². The van der Waals surface area contributed by atoms with Crippen LogP contribution in [0.25, 0.3) is 0 Å². The lowest BCUT2D eigenvalue weighted by Crippen LogP contribution is -2.55. The second kappa shape index (κ2) is 2.57. The standard InChI is InChI=1S/C7H11BN2O/c1-5(11)10-7(4-9)3-2-6(7)8/h6H,2-3,8H2,1H3,(H,10,11). The molecule has 1 saturated carbocycles. The predicted octanol–water partition coefficient (Wildman–Crippen LogP) is -0.400. The number of carbonyl (C=O) groups is 1. The van der Waals surface area contributed by atoms with Gasteiger partial charge in [0.25, 0.3) is 0 Å². The maximum Gasteiger partial charge on any atom is 0.218 e. The van der Waals surface area contributed by atoms with E-state index in [0.29, 0.717) is 5.82 Å². The van der Waals surface area contributed by atoms with Gasteiger partial charge in [0.05, 0.1) is 6.07 Å². The molecule has 2 atom stereocenters. The van der Waals surface area contributed by atoms with Gasteiger partial charge in [-0.25, -0.2) is 0 Å². The molecule has 0 spiro atoms. The molecule has 1 N–H and O–H groups in total. The average molecular weight is 150 g/mol. The minimum Gasteiger partial charge on any atom is -0.338 e. The zero-order valence-electron chi connectivity index (χ0n) is 6.85. The maximum atomic E-state index is 10.7. The van der Waals surface area contributed by atoms with E-state index in [1.807, 2.05) is 7.85 Å². The molecule has 0 radical (unpaired) electrons. The lowest BCUT2D eigenvalue weighted by molar-refractivity contribution is -0.121. The van der Waals surface area contributed by atoms with Crippen molar-refractivity contribution >= 4 is 13.8 Å². The Bertz CT molecular complexity index is 223. The first-order chi connectivity index (χ1) is 5.10. The molecular weight excluding hydrogens is 139 g/mol. The third-order valence-electron chi connectivity index (χ3n) is 2.41. The van der Waals surface area contributed by atoms with Crippen LogP contribution in [0.5, 0.6) is 0 Å². The van der Waals surface area contributed by atoms with Gasteiger partial charge in [-0.05, 0) is 12.2 Å². The fraction of sp³-hybridized carbons (Fsp3) is 0.714. The van der Waals surface area contributed by atoms with Crippen LogP contribution in [0.15, 0.2) is 0 Å². The molecule has 0 aromatic rings. The van der Waals surface area contributed by atoms with Crippen LogP contribution in [-0.4, -0.2) is 19.3 Å². The first kappa shape index (κ1) is 8.12. The second-order valence-corrected chi connectivity index (χ2v) is 3.20. The third-order valence-corrected chi connectivity index (χ3v) is 2.41. The molecular formula is C7H11BN2O. The van der Waals surface area contributed by atoms with Gasteiger partial charge in [-0.2, -0.15) is 5.26 Å². The Morgan fingerprint density at radius 1 is 1.91 bits per heavy atom. The van der Waals surface area contributed by atoms with E-state index in [0.717, 1.165) is 12.8 Å². The number of hydrogen-bond donors (Lipinski definition) is 1. The molecule has 1 aliphatic carbocycles. The highest BCUT2D eigenvalue weighted by atomic mass is 16.1. The van der Waals surface area contributed by atoms with E-state index >= 15 is 0 Å². The molecule has 0 aromatic carbocycles. The molecule has 0 saturated heterocycles. The van der Waals surface area contributed by atoms with E-state index in [1.54, 1.807) is 0 Å². The van der Waals surface area contributed by atoms with Crippen molar-refractivity contribution in [3.05, 3.63) is 0 Å². The van der Waals surface area contributed by atoms with E-state index in [2.05, 4.69) is 11.4 Å². The molecule has 0 bridgehead atoms. The molecule has 1 aliphatic rings. The molecule has 3 nitrogen and oxygen atoms in total. The summed E-state index contributed by atoms with van der Waals surface area (Å²) in [4.78, 5) is 10.7. The van der Waals surface area contributed by atoms with Crippen LogP contribution in [0.1, 0.15) is 19.8 Å². The number of rotatable bonds is 1. The highest BCUT2D eigenvalue weighted by Gasteiger charge is 2.44. The SMILES string of the molecule is BC1CCC1(C#N)NC(C)=O. The summed E-state index contributed by atoms with van der Waals surface area (Å²) in [6, 6.07) is 2.16. The lowest BCUT2D eigenvalue weighted by Gasteiger charge is -2.42. The highest BCUT2D eigenvalue weighted by Crippen LogP contribution is 2.40. The summed E-state index contributed by atoms with van der Waals surface area (Å²) in [6.45, 7) is 1.45. The van der Waals surface area contributed by atoms with Gasteiger partial charge < -0.3 is 5.32 Å². The number of hydrogen-bond acceptors (Lipinski definition) is 2. The van der Waals surface area contributed by atoms with Gasteiger partial charge in [-0.1, -0.05) is 6.42 Å². The molecule has 1 fully saturated rings. The van der Waals surface area contributed by atoms with E-state index in [1.165, 1.54) is 6.92 Å². The van der Waals surface area contributed by atoms with Gasteiger partial charge in [-0.3, -0.25) is 4.79 Å². The average Bonchev–Trinajstić information content (AvgIpc) is 1.96. The summed E-state index contributed by atoms with van der Waals surface area (Å²) < 4.78 is 0. The summed E-state index contributed by atoms with van der Waals surface area (Å²) in [5.74, 6) is 0.189. The fourth-order valence-corrected chi connectivity index (χ4v) is 1.42. The van der Waals surface area contributed by atoms with Crippen LogP contribution in [0.4, 0.5) is 0 Å². The molecule has 11 heavy (non-hydrogen) atoms. The number of carbonyl (C=O) groups excluding carboxylic acids is 1. The van der Waals surface area contributed by atoms with Crippen molar-refractivity contribution in [2.75, 3.05) is 0 Å². The first-order valence-electron chi connectivity index (χ1n) is 3.81. The smallest absolute Gasteiger partial charge is 0.218 e. The summed E-state index contributed by atoms with van der Waals surface area (Å²) >= 11 is 0. The second-order valence-electron chi connectivity index (χ2n) is 3.20. The van der Waals surface area contributed by atoms with Crippen molar-refractivity contribution in [1.82, 2.24) is 5.32 Å². The van der Waals surface area contributed by atoms with Gasteiger partial charge in [0.2, 0.25) is 5.91 Å². The van der Waals surface area contributed by atoms with Gasteiger partial charge in [0, 0.05) is 6.92 Å². The van der Waals surface area contributed by atoms with Crippen molar-refractivity contribution in [2.24, 2.45) is 0 Å². The number of nitrogens with one attached hydrogen (secondary N) is 1. The molecule has 2 unspecified atom stereocenters. The monoisotopic (exact) mass is 150 g/mol. The molecule has 1 rings (SSSR count). The summed E-state index contributed by atoms with van der Waals surface area (Å²) in [5.41, 5.74) is -0.550. The van der Waals surface area contributed by atoms with Crippen molar-refractivity contribution in [3.63, 3.8) is 0 Å². The number of nitriles is 1. The van der Waals surface area contributed by atoms with E-state index in [9.17, 15) is 4.79 Å². The molecule has 0 heterocycles. The Morgan fingerprint density at radius 2 is 2.55 bits per heavy atom. The van der Waals surface area contributed by atoms with Crippen molar-refractivity contribution in [1.29, 1.82) is 5.26 Å². The van der Waals surface area contributed by atoms with Crippen LogP contribution in [-0.2, 0) is 4.79 Å². The van der Waals surface area contributed by atoms with Gasteiger partial charge in [0.1, 0.15) is 13.4 Å². The Morgan fingerprint density at radius 3 is 2.64 bits per heavy atom. The molecule has 0 aromatic heterocycles. The fourth-order valence-electron chi connectivity index (χ4n) is 1.42. The molecule has 1 amide bonds. The molecule has 4 heteroatoms. The van der Waals surface area contributed by atoms with Crippen LogP contribution in [0, 0.1) is 11.3 Å². The van der Waals surface area contributed by atoms with Crippen molar-refractivity contribution in [3.8, 4) is 6.07 Å². The number of amides is 1. The van der Waals surface area contributed by atoms with Crippen LogP contribution in [0.3, 0.4) is 0 Å². The zero-order valence-corrected chi connectivity index (χ0v) is 6.85. The van der Waals surface area contributed by atoms with Crippen LogP contribution in [0.2, 0.25) is 5.82 Å². The first-order valence-corrected chi connectivity index (χ1v) is 3.81. The van der Waals surface area contributed by atoms with Crippen molar-refractivity contribution in [2.45, 2.75) is 31.1 Å². The summed E-state index contributed by atoms with van der Waals surface area (Å²) in [5, 5.41) is 11.5. The maximum absolute atomic E-state index is 10.7. The topological polar surface area (TPSA) is 52.9 Å². The van der Waals surface area contributed by atoms with E-state index < -0.39 is 5.54 Å². The van der Waals surface area contributed by atoms with Gasteiger partial charge in [-0.15, -0.1) is 0 Å². The minimum absolute atomic E-state index is 0.113. The largest absolute Gasteiger partial charge is 0.338 e. The highest BCUT2D eigenvalue weighted by molar-refractivity contribution is 6.14. The van der Waals surface area contributed by atoms with E-state index in [-0.39, 0.29) is 5.91 Å². The Hall–Kier alpha value is -0.975.